The predicted molar refractivity (Wildman–Crippen MR) is 73.2 cm³/mol. The summed E-state index contributed by atoms with van der Waals surface area (Å²) < 4.78 is 10.6. The normalized spacial score (nSPS) is 10.7. The van der Waals surface area contributed by atoms with Crippen LogP contribution in [0.5, 0.6) is 5.88 Å². The van der Waals surface area contributed by atoms with E-state index in [4.69, 9.17) is 20.3 Å². The largest absolute Gasteiger partial charge is 0.473 e. The van der Waals surface area contributed by atoms with Crippen molar-refractivity contribution in [2.45, 2.75) is 26.4 Å². The van der Waals surface area contributed by atoms with Crippen LogP contribution < -0.4 is 15.8 Å². The number of nitrogens with two attached hydrogens (primary N) is 1. The van der Waals surface area contributed by atoms with Crippen LogP contribution in [-0.2, 0) is 4.74 Å². The van der Waals surface area contributed by atoms with Crippen LogP contribution in [0.4, 0.5) is 11.5 Å². The van der Waals surface area contributed by atoms with E-state index in [2.05, 4.69) is 15.3 Å². The van der Waals surface area contributed by atoms with Gasteiger partial charge in [-0.2, -0.15) is 4.98 Å². The van der Waals surface area contributed by atoms with E-state index in [0.717, 1.165) is 6.42 Å². The number of ether oxygens (including phenoxy) is 2. The first-order chi connectivity index (χ1) is 9.15. The van der Waals surface area contributed by atoms with Crippen molar-refractivity contribution < 1.29 is 14.6 Å². The summed E-state index contributed by atoms with van der Waals surface area (Å²) in [5.74, 6) is 0.955. The molecular weight excluding hydrogens is 248 g/mol. The van der Waals surface area contributed by atoms with Gasteiger partial charge in [-0.25, -0.2) is 4.98 Å². The Hall–Kier alpha value is -1.60. The Morgan fingerprint density at radius 1 is 1.37 bits per heavy atom. The number of rotatable bonds is 9. The first kappa shape index (κ1) is 15.5. The van der Waals surface area contributed by atoms with Gasteiger partial charge in [0.15, 0.2) is 5.82 Å². The van der Waals surface area contributed by atoms with Crippen molar-refractivity contribution in [3.05, 3.63) is 6.33 Å². The maximum absolute atomic E-state index is 8.55. The quantitative estimate of drug-likeness (QED) is 0.566. The summed E-state index contributed by atoms with van der Waals surface area (Å²) >= 11 is 0. The molecule has 0 spiro atoms. The second kappa shape index (κ2) is 8.49. The van der Waals surface area contributed by atoms with Gasteiger partial charge in [-0.05, 0) is 20.3 Å². The number of aromatic nitrogens is 2. The van der Waals surface area contributed by atoms with Crippen LogP contribution in [0.2, 0.25) is 0 Å². The van der Waals surface area contributed by atoms with Crippen molar-refractivity contribution in [2.24, 2.45) is 0 Å². The number of aliphatic hydroxyl groups excluding tert-OH is 1. The first-order valence-electron chi connectivity index (χ1n) is 6.34. The molecule has 0 bridgehead atoms. The zero-order valence-corrected chi connectivity index (χ0v) is 11.4. The number of nitrogens with zero attached hydrogens (tertiary/aromatic N) is 2. The minimum atomic E-state index is 0.0110. The third-order valence-electron chi connectivity index (χ3n) is 2.19. The lowest BCUT2D eigenvalue weighted by atomic mass is 10.4. The lowest BCUT2D eigenvalue weighted by molar-refractivity contribution is 0.0922. The molecule has 0 amide bonds. The summed E-state index contributed by atoms with van der Waals surface area (Å²) in [5.41, 5.74) is 6.33. The highest BCUT2D eigenvalue weighted by Crippen LogP contribution is 2.25. The Labute approximate surface area is 113 Å². The van der Waals surface area contributed by atoms with Gasteiger partial charge in [-0.15, -0.1) is 0 Å². The Kier molecular flexibility index (Phi) is 6.91. The van der Waals surface area contributed by atoms with Crippen LogP contribution >= 0.6 is 0 Å². The monoisotopic (exact) mass is 270 g/mol. The molecule has 0 aliphatic carbocycles. The van der Waals surface area contributed by atoms with Crippen LogP contribution in [0.1, 0.15) is 20.3 Å². The van der Waals surface area contributed by atoms with Gasteiger partial charge in [-0.1, -0.05) is 0 Å². The van der Waals surface area contributed by atoms with Gasteiger partial charge < -0.3 is 25.6 Å². The van der Waals surface area contributed by atoms with Gasteiger partial charge in [-0.3, -0.25) is 0 Å². The SMILES string of the molecule is CC(C)Oc1ncnc(NCCCOCCO)c1N. The predicted octanol–water partition coefficient (Wildman–Crippen LogP) is 0.657. The molecule has 0 saturated carbocycles. The molecule has 1 heterocycles. The summed E-state index contributed by atoms with van der Waals surface area (Å²) in [4.78, 5) is 8.07. The molecule has 0 fully saturated rings. The maximum atomic E-state index is 8.55. The van der Waals surface area contributed by atoms with Crippen molar-refractivity contribution >= 4 is 11.5 Å². The number of nitrogen functional groups attached to an aromatic ring is 1. The van der Waals surface area contributed by atoms with Crippen LogP contribution in [0.25, 0.3) is 0 Å². The number of aliphatic hydroxyl groups is 1. The minimum absolute atomic E-state index is 0.0110. The van der Waals surface area contributed by atoms with Gasteiger partial charge in [0.25, 0.3) is 0 Å². The van der Waals surface area contributed by atoms with Gasteiger partial charge in [0.2, 0.25) is 5.88 Å². The molecule has 108 valence electrons. The van der Waals surface area contributed by atoms with Crippen molar-refractivity contribution in [1.29, 1.82) is 0 Å². The lowest BCUT2D eigenvalue weighted by Gasteiger charge is -2.13. The van der Waals surface area contributed by atoms with E-state index in [1.165, 1.54) is 6.33 Å². The smallest absolute Gasteiger partial charge is 0.242 e. The summed E-state index contributed by atoms with van der Waals surface area (Å²) in [6, 6.07) is 0. The average molecular weight is 270 g/mol. The molecule has 0 unspecified atom stereocenters. The van der Waals surface area contributed by atoms with Crippen LogP contribution in [0.15, 0.2) is 6.33 Å². The molecule has 0 aromatic carbocycles. The number of nitrogens with one attached hydrogen (secondary N) is 1. The van der Waals surface area contributed by atoms with Crippen LogP contribution in [0.3, 0.4) is 0 Å². The fourth-order valence-electron chi connectivity index (χ4n) is 1.39. The standard InChI is InChI=1S/C12H22N4O3/c1-9(2)19-12-10(13)11(15-8-16-12)14-4-3-6-18-7-5-17/h8-9,17H,3-7,13H2,1-2H3,(H,14,15,16). The molecule has 1 aromatic rings. The number of hydrogen-bond donors (Lipinski definition) is 3. The molecule has 0 atom stereocenters. The van der Waals surface area contributed by atoms with E-state index in [-0.39, 0.29) is 12.7 Å². The maximum Gasteiger partial charge on any atom is 0.242 e. The van der Waals surface area contributed by atoms with Gasteiger partial charge in [0, 0.05) is 13.2 Å². The van der Waals surface area contributed by atoms with E-state index in [1.54, 1.807) is 0 Å². The molecule has 1 aromatic heterocycles. The van der Waals surface area contributed by atoms with E-state index in [9.17, 15) is 0 Å². The molecular formula is C12H22N4O3. The average Bonchev–Trinajstić information content (AvgIpc) is 2.37. The molecule has 4 N–H and O–H groups in total. The Morgan fingerprint density at radius 2 is 2.16 bits per heavy atom. The lowest BCUT2D eigenvalue weighted by Crippen LogP contribution is -2.13. The van der Waals surface area contributed by atoms with E-state index in [0.29, 0.717) is 37.1 Å². The summed E-state index contributed by atoms with van der Waals surface area (Å²) in [6.45, 7) is 5.48. The summed E-state index contributed by atoms with van der Waals surface area (Å²) in [7, 11) is 0. The Bertz CT molecular complexity index is 374. The topological polar surface area (TPSA) is 103 Å². The molecule has 0 saturated heterocycles. The van der Waals surface area contributed by atoms with E-state index in [1.807, 2.05) is 13.8 Å². The Balaban J connectivity index is 2.41. The molecule has 0 radical (unpaired) electrons. The minimum Gasteiger partial charge on any atom is -0.473 e. The number of hydrogen-bond acceptors (Lipinski definition) is 7. The second-order valence-electron chi connectivity index (χ2n) is 4.22. The molecule has 0 aliphatic rings. The van der Waals surface area contributed by atoms with Crippen LogP contribution in [0, 0.1) is 0 Å². The number of anilines is 2. The van der Waals surface area contributed by atoms with Crippen molar-refractivity contribution in [3.63, 3.8) is 0 Å². The first-order valence-corrected chi connectivity index (χ1v) is 6.34. The van der Waals surface area contributed by atoms with Gasteiger partial charge in [0.05, 0.1) is 19.3 Å². The molecule has 7 nitrogen and oxygen atoms in total. The Morgan fingerprint density at radius 3 is 2.84 bits per heavy atom. The fraction of sp³-hybridized carbons (Fsp3) is 0.667. The van der Waals surface area contributed by atoms with Crippen LogP contribution in [-0.4, -0.2) is 47.5 Å². The zero-order valence-electron chi connectivity index (χ0n) is 11.4. The van der Waals surface area contributed by atoms with Gasteiger partial charge >= 0.3 is 0 Å². The third kappa shape index (κ3) is 5.71. The van der Waals surface area contributed by atoms with Crippen molar-refractivity contribution in [1.82, 2.24) is 9.97 Å². The molecule has 1 rings (SSSR count). The van der Waals surface area contributed by atoms with Crippen molar-refractivity contribution in [3.8, 4) is 5.88 Å². The molecule has 7 heteroatoms. The van der Waals surface area contributed by atoms with Crippen molar-refractivity contribution in [2.75, 3.05) is 37.4 Å². The fourth-order valence-corrected chi connectivity index (χ4v) is 1.39. The highest BCUT2D eigenvalue weighted by Gasteiger charge is 2.09. The summed E-state index contributed by atoms with van der Waals surface area (Å²) in [6.07, 6.45) is 2.22. The van der Waals surface area contributed by atoms with E-state index < -0.39 is 0 Å². The van der Waals surface area contributed by atoms with Gasteiger partial charge in [0.1, 0.15) is 12.0 Å². The third-order valence-corrected chi connectivity index (χ3v) is 2.19. The highest BCUT2D eigenvalue weighted by atomic mass is 16.5. The van der Waals surface area contributed by atoms with E-state index >= 15 is 0 Å². The molecule has 0 aliphatic heterocycles. The second-order valence-corrected chi connectivity index (χ2v) is 4.22. The molecule has 19 heavy (non-hydrogen) atoms. The summed E-state index contributed by atoms with van der Waals surface area (Å²) in [5, 5.41) is 11.7. The highest BCUT2D eigenvalue weighted by molar-refractivity contribution is 5.66. The zero-order chi connectivity index (χ0) is 14.1.